The minimum Gasteiger partial charge on any atom is -0.393 e. The molecule has 16 heavy (non-hydrogen) atoms. The van der Waals surface area contributed by atoms with Crippen molar-refractivity contribution in [3.8, 4) is 0 Å². The third kappa shape index (κ3) is 3.03. The van der Waals surface area contributed by atoms with Gasteiger partial charge in [-0.2, -0.15) is 0 Å². The van der Waals surface area contributed by atoms with Crippen LogP contribution in [0.4, 0.5) is 5.69 Å². The second-order valence-corrected chi connectivity index (χ2v) is 4.14. The van der Waals surface area contributed by atoms with Crippen LogP contribution in [0, 0.1) is 12.8 Å². The van der Waals surface area contributed by atoms with Crippen molar-refractivity contribution in [2.24, 2.45) is 11.7 Å². The summed E-state index contributed by atoms with van der Waals surface area (Å²) in [6, 6.07) is 7.61. The predicted molar refractivity (Wildman–Crippen MR) is 70.4 cm³/mol. The molecule has 0 radical (unpaired) electrons. The van der Waals surface area contributed by atoms with E-state index in [0.717, 1.165) is 11.3 Å². The number of nitrogens with one attached hydrogen (secondary N) is 1. The summed E-state index contributed by atoms with van der Waals surface area (Å²) >= 11 is 4.86. The number of hydrogen-bond acceptors (Lipinski definition) is 2. The first-order valence-electron chi connectivity index (χ1n) is 5.22. The van der Waals surface area contributed by atoms with Gasteiger partial charge in [-0.25, -0.2) is 0 Å². The van der Waals surface area contributed by atoms with E-state index in [1.807, 2.05) is 38.1 Å². The van der Waals surface area contributed by atoms with Crippen LogP contribution in [0.3, 0.4) is 0 Å². The van der Waals surface area contributed by atoms with Gasteiger partial charge in [-0.05, 0) is 25.0 Å². The highest BCUT2D eigenvalue weighted by molar-refractivity contribution is 7.80. The lowest BCUT2D eigenvalue weighted by Gasteiger charge is -2.14. The fourth-order valence-corrected chi connectivity index (χ4v) is 1.72. The van der Waals surface area contributed by atoms with Crippen LogP contribution in [0.5, 0.6) is 0 Å². The molecule has 0 aliphatic heterocycles. The average molecular weight is 236 g/mol. The maximum absolute atomic E-state index is 11.9. The van der Waals surface area contributed by atoms with Gasteiger partial charge < -0.3 is 11.1 Å². The number of para-hydroxylation sites is 1. The Kier molecular flexibility index (Phi) is 4.43. The van der Waals surface area contributed by atoms with Crippen molar-refractivity contribution in [3.05, 3.63) is 29.8 Å². The van der Waals surface area contributed by atoms with Crippen molar-refractivity contribution in [2.75, 3.05) is 5.32 Å². The van der Waals surface area contributed by atoms with Gasteiger partial charge in [-0.3, -0.25) is 4.79 Å². The van der Waals surface area contributed by atoms with Crippen LogP contribution < -0.4 is 11.1 Å². The van der Waals surface area contributed by atoms with Crippen LogP contribution in [0.1, 0.15) is 18.9 Å². The molecule has 0 spiro atoms. The van der Waals surface area contributed by atoms with Gasteiger partial charge in [0.15, 0.2) is 0 Å². The molecule has 0 aromatic heterocycles. The molecule has 4 heteroatoms. The fraction of sp³-hybridized carbons (Fsp3) is 0.333. The maximum atomic E-state index is 11.9. The summed E-state index contributed by atoms with van der Waals surface area (Å²) in [5.74, 6) is -0.529. The van der Waals surface area contributed by atoms with E-state index in [1.54, 1.807) is 0 Å². The largest absolute Gasteiger partial charge is 0.393 e. The molecular formula is C12H16N2OS. The molecule has 0 saturated heterocycles. The molecule has 1 aromatic rings. The van der Waals surface area contributed by atoms with E-state index < -0.39 is 5.92 Å². The van der Waals surface area contributed by atoms with Gasteiger partial charge in [-0.15, -0.1) is 0 Å². The number of carbonyl (C=O) groups excluding carboxylic acids is 1. The molecule has 3 nitrogen and oxygen atoms in total. The van der Waals surface area contributed by atoms with Crippen LogP contribution in [-0.2, 0) is 4.79 Å². The molecule has 1 aromatic carbocycles. The summed E-state index contributed by atoms with van der Waals surface area (Å²) in [5.41, 5.74) is 7.34. The summed E-state index contributed by atoms with van der Waals surface area (Å²) in [5, 5.41) is 2.84. The van der Waals surface area contributed by atoms with Gasteiger partial charge >= 0.3 is 0 Å². The fourth-order valence-electron chi connectivity index (χ4n) is 1.45. The molecule has 0 aliphatic rings. The summed E-state index contributed by atoms with van der Waals surface area (Å²) in [6.07, 6.45) is 0.618. The number of benzene rings is 1. The molecule has 0 saturated carbocycles. The topological polar surface area (TPSA) is 55.1 Å². The minimum atomic E-state index is -0.394. The number of amides is 1. The Morgan fingerprint density at radius 2 is 2.12 bits per heavy atom. The van der Waals surface area contributed by atoms with Crippen molar-refractivity contribution in [1.82, 2.24) is 0 Å². The summed E-state index contributed by atoms with van der Waals surface area (Å²) in [7, 11) is 0. The van der Waals surface area contributed by atoms with E-state index in [1.165, 1.54) is 0 Å². The van der Waals surface area contributed by atoms with Crippen LogP contribution in [0.15, 0.2) is 24.3 Å². The summed E-state index contributed by atoms with van der Waals surface area (Å²) in [6.45, 7) is 3.83. The quantitative estimate of drug-likeness (QED) is 0.788. The van der Waals surface area contributed by atoms with E-state index in [4.69, 9.17) is 18.0 Å². The van der Waals surface area contributed by atoms with E-state index >= 15 is 0 Å². The Balaban J connectivity index is 2.78. The van der Waals surface area contributed by atoms with Gasteiger partial charge in [0.05, 0.1) is 10.9 Å². The number of nitrogens with two attached hydrogens (primary N) is 1. The zero-order chi connectivity index (χ0) is 12.1. The van der Waals surface area contributed by atoms with Gasteiger partial charge in [0.25, 0.3) is 0 Å². The first-order valence-corrected chi connectivity index (χ1v) is 5.63. The molecule has 1 rings (SSSR count). The first-order chi connectivity index (χ1) is 7.56. The number of aryl methyl sites for hydroxylation is 1. The molecule has 1 unspecified atom stereocenters. The van der Waals surface area contributed by atoms with Gasteiger partial charge in [0.1, 0.15) is 0 Å². The van der Waals surface area contributed by atoms with Crippen LogP contribution >= 0.6 is 12.2 Å². The predicted octanol–water partition coefficient (Wildman–Crippen LogP) is 2.25. The second-order valence-electron chi connectivity index (χ2n) is 3.67. The highest BCUT2D eigenvalue weighted by Gasteiger charge is 2.19. The van der Waals surface area contributed by atoms with Crippen molar-refractivity contribution in [3.63, 3.8) is 0 Å². The first kappa shape index (κ1) is 12.6. The Morgan fingerprint density at radius 3 is 2.62 bits per heavy atom. The minimum absolute atomic E-state index is 0.135. The highest BCUT2D eigenvalue weighted by Crippen LogP contribution is 2.15. The highest BCUT2D eigenvalue weighted by atomic mass is 32.1. The van der Waals surface area contributed by atoms with Crippen LogP contribution in [-0.4, -0.2) is 10.9 Å². The van der Waals surface area contributed by atoms with Gasteiger partial charge in [-0.1, -0.05) is 37.3 Å². The van der Waals surface area contributed by atoms with E-state index in [9.17, 15) is 4.79 Å². The van der Waals surface area contributed by atoms with E-state index in [0.29, 0.717) is 6.42 Å². The Labute approximate surface area is 101 Å². The van der Waals surface area contributed by atoms with Crippen molar-refractivity contribution in [1.29, 1.82) is 0 Å². The standard InChI is InChI=1S/C12H16N2OS/c1-3-9(11(13)16)12(15)14-10-7-5-4-6-8(10)2/h4-7,9H,3H2,1-2H3,(H2,13,16)(H,14,15). The molecule has 0 aliphatic carbocycles. The number of hydrogen-bond donors (Lipinski definition) is 2. The number of carbonyl (C=O) groups is 1. The molecule has 0 fully saturated rings. The number of thiocarbonyl (C=S) groups is 1. The summed E-state index contributed by atoms with van der Waals surface area (Å²) in [4.78, 5) is 12.1. The second kappa shape index (κ2) is 5.61. The van der Waals surface area contributed by atoms with Crippen molar-refractivity contribution < 1.29 is 4.79 Å². The molecule has 3 N–H and O–H groups in total. The molecule has 0 heterocycles. The van der Waals surface area contributed by atoms with E-state index in [2.05, 4.69) is 5.32 Å². The van der Waals surface area contributed by atoms with Gasteiger partial charge in [0, 0.05) is 5.69 Å². The Bertz CT molecular complexity index is 404. The third-order valence-electron chi connectivity index (χ3n) is 2.47. The molecule has 0 bridgehead atoms. The average Bonchev–Trinajstić information content (AvgIpc) is 2.22. The lowest BCUT2D eigenvalue weighted by atomic mass is 10.1. The van der Waals surface area contributed by atoms with E-state index in [-0.39, 0.29) is 10.9 Å². The van der Waals surface area contributed by atoms with Gasteiger partial charge in [0.2, 0.25) is 5.91 Å². The number of anilines is 1. The van der Waals surface area contributed by atoms with Crippen LogP contribution in [0.2, 0.25) is 0 Å². The lowest BCUT2D eigenvalue weighted by Crippen LogP contribution is -2.32. The van der Waals surface area contributed by atoms with Crippen LogP contribution in [0.25, 0.3) is 0 Å². The SMILES string of the molecule is CCC(C(=O)Nc1ccccc1C)C(N)=S. The van der Waals surface area contributed by atoms with Crippen molar-refractivity contribution >= 4 is 28.8 Å². The third-order valence-corrected chi connectivity index (χ3v) is 2.76. The Hall–Kier alpha value is -1.42. The number of rotatable bonds is 4. The monoisotopic (exact) mass is 236 g/mol. The van der Waals surface area contributed by atoms with Crippen molar-refractivity contribution in [2.45, 2.75) is 20.3 Å². The molecule has 1 amide bonds. The smallest absolute Gasteiger partial charge is 0.234 e. The normalized spacial score (nSPS) is 11.9. The molecule has 1 atom stereocenters. The Morgan fingerprint density at radius 1 is 1.50 bits per heavy atom. The maximum Gasteiger partial charge on any atom is 0.234 e. The molecular weight excluding hydrogens is 220 g/mol. The summed E-state index contributed by atoms with van der Waals surface area (Å²) < 4.78 is 0. The molecule has 86 valence electrons. The zero-order valence-corrected chi connectivity index (χ0v) is 10.3. The lowest BCUT2D eigenvalue weighted by molar-refractivity contribution is -0.118. The zero-order valence-electron chi connectivity index (χ0n) is 9.49.